The van der Waals surface area contributed by atoms with Crippen molar-refractivity contribution >= 4 is 67.1 Å². The number of hydrogen-bond donors (Lipinski definition) is 5. The van der Waals surface area contributed by atoms with Gasteiger partial charge in [-0.05, 0) is 165 Å². The molecule has 0 bridgehead atoms. The number of carbonyl (C=O) groups excluding carboxylic acids is 2. The Hall–Kier alpha value is -7.43. The quantitative estimate of drug-likeness (QED) is 0.0870. The van der Waals surface area contributed by atoms with Gasteiger partial charge in [0.25, 0.3) is 0 Å². The average Bonchev–Trinajstić information content (AvgIpc) is 4.22. The molecule has 2 unspecified atom stereocenters. The molecule has 0 aliphatic heterocycles. The summed E-state index contributed by atoms with van der Waals surface area (Å²) in [7, 11) is -5.48. The molecular weight excluding hydrogens is 974 g/mol. The molecule has 5 aromatic heterocycles. The monoisotopic (exact) mass is 1020 g/mol. The van der Waals surface area contributed by atoms with Crippen LogP contribution in [0.25, 0.3) is 33.3 Å². The van der Waals surface area contributed by atoms with Crippen LogP contribution in [0.1, 0.15) is 74.9 Å². The molecule has 8 aromatic rings. The highest BCUT2D eigenvalue weighted by Gasteiger charge is 2.27. The number of urea groups is 2. The minimum atomic E-state index is -3.67. The first kappa shape index (κ1) is 50.0. The number of carbonyl (C=O) groups is 2. The molecule has 3 aromatic carbocycles. The minimum absolute atomic E-state index is 0.0301. The molecule has 10 rings (SSSR count). The number of benzene rings is 3. The molecule has 0 fully saturated rings. The van der Waals surface area contributed by atoms with Gasteiger partial charge in [0.15, 0.2) is 31.0 Å². The van der Waals surface area contributed by atoms with E-state index in [1.165, 1.54) is 22.4 Å². The third-order valence-electron chi connectivity index (χ3n) is 11.6. The van der Waals surface area contributed by atoms with Gasteiger partial charge in [-0.15, -0.1) is 5.10 Å². The largest absolute Gasteiger partial charge is 0.332 e. The average molecular weight is 1020 g/mol. The Morgan fingerprint density at radius 1 is 0.718 bits per heavy atom. The number of amides is 4. The molecular formula is C48H49ClF2N14O4S2. The number of anilines is 2. The van der Waals surface area contributed by atoms with E-state index in [1.54, 1.807) is 76.9 Å². The Labute approximate surface area is 415 Å². The Balaban J connectivity index is 0.000000159. The SMILES string of the molecule is CC(C)n1ccc(S(=N)(=O)NC(=O)Nc2c(-c3ccncc3)cc(F)c3c2CCC3)n1.CC(C)n1ccc(S(=O)NC(=O)Nc2c(-c3ccncc3)cc(F)c3c2CCC3)n1.Cln1nnc2ccccc21. The van der Waals surface area contributed by atoms with Crippen molar-refractivity contribution in [2.24, 2.45) is 0 Å². The maximum atomic E-state index is 14.7. The van der Waals surface area contributed by atoms with Crippen LogP contribution in [0.2, 0.25) is 0 Å². The summed E-state index contributed by atoms with van der Waals surface area (Å²) in [5, 5.41) is 21.5. The first-order chi connectivity index (χ1) is 34.1. The number of nitrogens with one attached hydrogen (secondary N) is 5. The van der Waals surface area contributed by atoms with Crippen LogP contribution in [0.5, 0.6) is 0 Å². The van der Waals surface area contributed by atoms with Crippen molar-refractivity contribution < 1.29 is 26.8 Å². The van der Waals surface area contributed by atoms with Crippen LogP contribution in [0.3, 0.4) is 0 Å². The smallest absolute Gasteiger partial charge is 0.306 e. The van der Waals surface area contributed by atoms with E-state index in [9.17, 15) is 26.8 Å². The zero-order valence-corrected chi connectivity index (χ0v) is 41.3. The number of para-hydroxylation sites is 1. The highest BCUT2D eigenvalue weighted by Crippen LogP contribution is 2.40. The standard InChI is InChI=1S/C21H23FN6O2S.C21H22FN5O2S.C6H4ClN3/c1-13(2)28-11-8-19(26-28)31(23,30)27-21(29)25-20-16-5-3-4-15(16)18(22)12-17(20)14-6-9-24-10-7-14;1-13(2)27-11-8-19(25-27)30(29)26-21(28)24-20-16-5-3-4-15(16)18(22)12-17(20)14-6-9-23-10-7-14;7-10-6-4-2-1-3-5(6)8-9-10/h6-13H,3-5H2,1-2H3,(H3,23,25,27,29,30);6-13H,3-5H2,1-2H3,(H2,24,26,28);1-4H. The van der Waals surface area contributed by atoms with Crippen molar-refractivity contribution in [3.05, 3.63) is 144 Å². The third kappa shape index (κ3) is 11.5. The normalized spacial score (nSPS) is 13.8. The maximum Gasteiger partial charge on any atom is 0.332 e. The van der Waals surface area contributed by atoms with Crippen molar-refractivity contribution in [2.45, 2.75) is 88.4 Å². The molecule has 5 N–H and O–H groups in total. The van der Waals surface area contributed by atoms with Gasteiger partial charge in [-0.3, -0.25) is 24.1 Å². The zero-order chi connectivity index (χ0) is 50.4. The van der Waals surface area contributed by atoms with Gasteiger partial charge in [0.2, 0.25) is 0 Å². The number of pyridine rings is 2. The Morgan fingerprint density at radius 2 is 1.23 bits per heavy atom. The molecule has 4 amide bonds. The zero-order valence-electron chi connectivity index (χ0n) is 38.9. The van der Waals surface area contributed by atoms with E-state index >= 15 is 0 Å². The molecule has 18 nitrogen and oxygen atoms in total. The van der Waals surface area contributed by atoms with E-state index < -0.39 is 33.0 Å². The molecule has 0 saturated carbocycles. The lowest BCUT2D eigenvalue weighted by Gasteiger charge is -2.17. The topological polar surface area (TPSA) is 232 Å². The second kappa shape index (κ2) is 21.7. The van der Waals surface area contributed by atoms with E-state index in [-0.39, 0.29) is 33.8 Å². The number of nitrogens with zero attached hydrogens (tertiary/aromatic N) is 9. The first-order valence-corrected chi connectivity index (χ1v) is 25.6. The van der Waals surface area contributed by atoms with E-state index in [4.69, 9.17) is 16.6 Å². The third-order valence-corrected chi connectivity index (χ3v) is 14.1. The lowest BCUT2D eigenvalue weighted by Crippen LogP contribution is -2.34. The number of fused-ring (bicyclic) bond motifs is 3. The van der Waals surface area contributed by atoms with Gasteiger partial charge in [0, 0.05) is 72.2 Å². The van der Waals surface area contributed by atoms with Gasteiger partial charge in [0.1, 0.15) is 22.7 Å². The second-order valence-electron chi connectivity index (χ2n) is 17.0. The summed E-state index contributed by atoms with van der Waals surface area (Å²) < 4.78 is 71.9. The Morgan fingerprint density at radius 3 is 1.75 bits per heavy atom. The number of hydrogen-bond acceptors (Lipinski definition) is 11. The van der Waals surface area contributed by atoms with Crippen LogP contribution in [-0.4, -0.2) is 64.5 Å². The molecule has 2 aliphatic rings. The highest BCUT2D eigenvalue weighted by molar-refractivity contribution is 7.91. The molecule has 23 heteroatoms. The molecule has 368 valence electrons. The van der Waals surface area contributed by atoms with E-state index in [0.29, 0.717) is 64.9 Å². The van der Waals surface area contributed by atoms with Crippen molar-refractivity contribution in [1.29, 1.82) is 4.78 Å². The van der Waals surface area contributed by atoms with Crippen molar-refractivity contribution in [3.8, 4) is 22.3 Å². The van der Waals surface area contributed by atoms with Crippen LogP contribution in [0.15, 0.2) is 120 Å². The number of rotatable bonds is 10. The maximum absolute atomic E-state index is 14.7. The number of halogens is 3. The molecule has 71 heavy (non-hydrogen) atoms. The summed E-state index contributed by atoms with van der Waals surface area (Å²) in [6, 6.07) is 19.1. The first-order valence-electron chi connectivity index (χ1n) is 22.5. The van der Waals surface area contributed by atoms with Gasteiger partial charge < -0.3 is 10.6 Å². The fourth-order valence-electron chi connectivity index (χ4n) is 8.17. The fourth-order valence-corrected chi connectivity index (χ4v) is 9.91. The number of aromatic nitrogens is 9. The van der Waals surface area contributed by atoms with Crippen molar-refractivity contribution in [1.82, 2.24) is 53.5 Å². The van der Waals surface area contributed by atoms with Gasteiger partial charge in [-0.2, -0.15) is 14.4 Å². The molecule has 5 heterocycles. The molecule has 0 radical (unpaired) electrons. The summed E-state index contributed by atoms with van der Waals surface area (Å²) >= 11 is 5.62. The summed E-state index contributed by atoms with van der Waals surface area (Å²) in [6.45, 7) is 7.71. The Kier molecular flexibility index (Phi) is 15.3. The summed E-state index contributed by atoms with van der Waals surface area (Å²) in [5.41, 5.74) is 7.88. The van der Waals surface area contributed by atoms with Gasteiger partial charge in [-0.25, -0.2) is 36.3 Å². The predicted molar refractivity (Wildman–Crippen MR) is 267 cm³/mol. The van der Waals surface area contributed by atoms with Crippen LogP contribution in [0.4, 0.5) is 29.7 Å². The molecule has 0 saturated heterocycles. The van der Waals surface area contributed by atoms with Gasteiger partial charge in [0.05, 0.1) is 11.4 Å². The molecule has 0 spiro atoms. The van der Waals surface area contributed by atoms with Gasteiger partial charge in [-0.1, -0.05) is 12.1 Å². The summed E-state index contributed by atoms with van der Waals surface area (Å²) in [6.07, 6.45) is 13.9. The second-order valence-corrected chi connectivity index (χ2v) is 20.2. The predicted octanol–water partition coefficient (Wildman–Crippen LogP) is 9.73. The van der Waals surface area contributed by atoms with Crippen molar-refractivity contribution in [3.63, 3.8) is 0 Å². The lowest BCUT2D eigenvalue weighted by molar-refractivity contribution is 0.256. The van der Waals surface area contributed by atoms with E-state index in [0.717, 1.165) is 40.6 Å². The van der Waals surface area contributed by atoms with Crippen LogP contribution < -0.4 is 20.1 Å². The molecule has 2 aliphatic carbocycles. The van der Waals surface area contributed by atoms with Crippen LogP contribution in [0, 0.1) is 16.4 Å². The van der Waals surface area contributed by atoms with Gasteiger partial charge >= 0.3 is 12.1 Å². The Bertz CT molecular complexity index is 3370. The van der Waals surface area contributed by atoms with Crippen molar-refractivity contribution in [2.75, 3.05) is 10.6 Å². The summed E-state index contributed by atoms with van der Waals surface area (Å²) in [5.74, 6) is -0.586. The van der Waals surface area contributed by atoms with E-state index in [2.05, 4.69) is 50.6 Å². The van der Waals surface area contributed by atoms with Crippen LogP contribution in [-0.2, 0) is 46.6 Å². The highest BCUT2D eigenvalue weighted by atomic mass is 35.5. The van der Waals surface area contributed by atoms with Crippen LogP contribution >= 0.6 is 11.8 Å². The van der Waals surface area contributed by atoms with E-state index in [1.807, 2.05) is 52.0 Å². The minimum Gasteiger partial charge on any atom is -0.306 e. The fraction of sp³-hybridized carbons (Fsp3) is 0.250. The lowest BCUT2D eigenvalue weighted by atomic mass is 9.97. The molecule has 2 atom stereocenters. The summed E-state index contributed by atoms with van der Waals surface area (Å²) in [4.78, 5) is 33.4.